The molecule has 0 amide bonds. The first-order chi connectivity index (χ1) is 20.7. The Morgan fingerprint density at radius 1 is 0.833 bits per heavy atom. The molecule has 1 heterocycles. The van der Waals surface area contributed by atoms with Crippen LogP contribution in [0.1, 0.15) is 49.1 Å². The third kappa shape index (κ3) is 4.36. The summed E-state index contributed by atoms with van der Waals surface area (Å²) in [5.41, 5.74) is 13.7. The van der Waals surface area contributed by atoms with Crippen LogP contribution in [0.4, 0.5) is 0 Å². The van der Waals surface area contributed by atoms with Crippen LogP contribution in [0.25, 0.3) is 0 Å². The van der Waals surface area contributed by atoms with Gasteiger partial charge in [-0.15, -0.1) is 0 Å². The lowest BCUT2D eigenvalue weighted by Crippen LogP contribution is -2.29. The van der Waals surface area contributed by atoms with E-state index in [1.807, 2.05) is 43.4 Å². The van der Waals surface area contributed by atoms with Gasteiger partial charge in [0.25, 0.3) is 8.06 Å². The summed E-state index contributed by atoms with van der Waals surface area (Å²) in [5, 5.41) is 1.98. The topological polar surface area (TPSA) is 49.3 Å². The molecule has 3 atom stereocenters. The van der Waals surface area contributed by atoms with Gasteiger partial charge in [-0.05, 0) is 85.2 Å². The van der Waals surface area contributed by atoms with Gasteiger partial charge in [0.15, 0.2) is 5.76 Å². The van der Waals surface area contributed by atoms with Crippen molar-refractivity contribution in [1.29, 1.82) is 0 Å². The molecule has 3 aromatic carbocycles. The minimum Gasteiger partial charge on any atom is -0.496 e. The quantitative estimate of drug-likeness (QED) is 0.220. The molecule has 0 radical (unpaired) electrons. The lowest BCUT2D eigenvalue weighted by atomic mass is 9.72. The highest BCUT2D eigenvalue weighted by atomic mass is 32.1. The molecule has 0 aromatic heterocycles. The third-order valence-corrected chi connectivity index (χ3v) is 16.6. The molecule has 1 saturated heterocycles. The van der Waals surface area contributed by atoms with Crippen molar-refractivity contribution in [3.05, 3.63) is 118 Å². The Labute approximate surface area is 249 Å². The van der Waals surface area contributed by atoms with Crippen molar-refractivity contribution in [3.8, 4) is 11.5 Å². The van der Waals surface area contributed by atoms with Gasteiger partial charge in [-0.1, -0.05) is 54.3 Å². The van der Waals surface area contributed by atoms with Crippen molar-refractivity contribution < 1.29 is 18.5 Å². The van der Waals surface area contributed by atoms with Crippen LogP contribution in [0.15, 0.2) is 111 Å². The molecule has 42 heavy (non-hydrogen) atoms. The van der Waals surface area contributed by atoms with Crippen molar-refractivity contribution in [2.24, 2.45) is 4.74 Å². The van der Waals surface area contributed by atoms with Crippen molar-refractivity contribution in [1.82, 2.24) is 0 Å². The molecular formula is C35H35NO4P2. The number of ether oxygens (including phenoxy) is 2. The molecule has 4 aliphatic rings. The van der Waals surface area contributed by atoms with Gasteiger partial charge in [0.05, 0.1) is 20.3 Å². The van der Waals surface area contributed by atoms with Crippen molar-refractivity contribution in [2.75, 3.05) is 21.3 Å². The Kier molecular flexibility index (Phi) is 7.49. The zero-order valence-corrected chi connectivity index (χ0v) is 26.1. The van der Waals surface area contributed by atoms with E-state index in [2.05, 4.69) is 47.9 Å². The maximum atomic E-state index is 7.36. The van der Waals surface area contributed by atoms with Gasteiger partial charge < -0.3 is 18.5 Å². The normalized spacial score (nSPS) is 22.7. The second-order valence-electron chi connectivity index (χ2n) is 11.0. The number of rotatable bonds is 5. The van der Waals surface area contributed by atoms with E-state index in [9.17, 15) is 0 Å². The number of benzene rings is 3. The Bertz CT molecular complexity index is 1690. The average molecular weight is 596 g/mol. The molecule has 1 aliphatic heterocycles. The van der Waals surface area contributed by atoms with E-state index < -0.39 is 14.8 Å². The number of fused-ring (bicyclic) bond motifs is 6. The van der Waals surface area contributed by atoms with E-state index >= 15 is 0 Å². The minimum absolute atomic E-state index is 0.0559. The van der Waals surface area contributed by atoms with E-state index in [0.29, 0.717) is 0 Å². The van der Waals surface area contributed by atoms with Crippen LogP contribution in [0.2, 0.25) is 0 Å². The van der Waals surface area contributed by atoms with Crippen LogP contribution in [-0.4, -0.2) is 27.4 Å². The van der Waals surface area contributed by atoms with E-state index in [0.717, 1.165) is 53.6 Å². The average Bonchev–Trinajstić information content (AvgIpc) is 3.23. The predicted octanol–water partition coefficient (Wildman–Crippen LogP) is 8.31. The fraction of sp³-hybridized carbons (Fsp3) is 0.314. The molecule has 3 unspecified atom stereocenters. The SMILES string of the molecule is CN=P(c1ccccc1OC)(c1ccccc1OC)P1OC2=C=C=C3CCCCC3=C2C2c3ccccc3CCC2O1. The van der Waals surface area contributed by atoms with Crippen LogP contribution in [0, 0.1) is 0 Å². The standard InChI is InChI=1S/C35H35NO4P2/c1-36-42(32-18-10-8-16-28(32)37-2,33-19-11-9-17-29(33)38-3)41-39-30-22-20-24-12-4-6-14-26(24)34(30)35-27-15-7-5-13-25(27)21-23-31(35)40-41/h4,6,8-12,14,16-19,30,34H,5,7,13,15,20,22H2,1-3H3. The highest BCUT2D eigenvalue weighted by Gasteiger charge is 2.50. The van der Waals surface area contributed by atoms with Gasteiger partial charge in [0.2, 0.25) is 0 Å². The molecule has 3 aromatic rings. The largest absolute Gasteiger partial charge is 0.496 e. The number of hydrogen-bond acceptors (Lipinski definition) is 5. The number of hydrogen-bond donors (Lipinski definition) is 0. The number of nitrogens with zero attached hydrogens (tertiary/aromatic N) is 1. The maximum Gasteiger partial charge on any atom is 0.282 e. The summed E-state index contributed by atoms with van der Waals surface area (Å²) in [6.07, 6.45) is 6.27. The van der Waals surface area contributed by atoms with Gasteiger partial charge >= 0.3 is 0 Å². The molecule has 0 N–H and O–H groups in total. The fourth-order valence-electron chi connectivity index (χ4n) is 6.97. The van der Waals surface area contributed by atoms with Crippen LogP contribution in [0.3, 0.4) is 0 Å². The summed E-state index contributed by atoms with van der Waals surface area (Å²) < 4.78 is 31.8. The maximum absolute atomic E-state index is 7.36. The lowest BCUT2D eigenvalue weighted by Gasteiger charge is -2.36. The summed E-state index contributed by atoms with van der Waals surface area (Å²) in [5.74, 6) is 2.38. The molecule has 214 valence electrons. The Morgan fingerprint density at radius 3 is 2.21 bits per heavy atom. The predicted molar refractivity (Wildman–Crippen MR) is 170 cm³/mol. The van der Waals surface area contributed by atoms with Gasteiger partial charge in [0.1, 0.15) is 18.2 Å². The lowest BCUT2D eigenvalue weighted by molar-refractivity contribution is 0.181. The van der Waals surface area contributed by atoms with E-state index in [1.165, 1.54) is 40.7 Å². The molecule has 0 bridgehead atoms. The van der Waals surface area contributed by atoms with E-state index in [-0.39, 0.29) is 12.0 Å². The molecular weight excluding hydrogens is 560 g/mol. The zero-order valence-electron chi connectivity index (χ0n) is 24.3. The molecule has 5 nitrogen and oxygen atoms in total. The summed E-state index contributed by atoms with van der Waals surface area (Å²) >= 11 is 0. The Morgan fingerprint density at radius 2 is 1.50 bits per heavy atom. The number of allylic oxidation sites excluding steroid dienone is 3. The second kappa shape index (κ2) is 11.4. The third-order valence-electron chi connectivity index (χ3n) is 8.90. The van der Waals surface area contributed by atoms with Crippen LogP contribution >= 0.6 is 14.8 Å². The molecule has 3 aliphatic carbocycles. The van der Waals surface area contributed by atoms with Gasteiger partial charge in [-0.3, -0.25) is 4.74 Å². The monoisotopic (exact) mass is 595 g/mol. The number of methoxy groups -OCH3 is 2. The number of aryl methyl sites for hydroxylation is 1. The number of para-hydroxylation sites is 2. The summed E-state index contributed by atoms with van der Waals surface area (Å²) in [6.45, 7) is -2.76. The zero-order chi connectivity index (χ0) is 28.7. The van der Waals surface area contributed by atoms with Crippen molar-refractivity contribution in [3.63, 3.8) is 0 Å². The van der Waals surface area contributed by atoms with Gasteiger partial charge in [-0.2, -0.15) is 0 Å². The Balaban J connectivity index is 1.51. The molecule has 1 saturated carbocycles. The minimum atomic E-state index is -2.76. The van der Waals surface area contributed by atoms with Crippen LogP contribution in [0.5, 0.6) is 11.5 Å². The first-order valence-corrected chi connectivity index (χ1v) is 18.3. The highest BCUT2D eigenvalue weighted by molar-refractivity contribution is 8.37. The van der Waals surface area contributed by atoms with E-state index in [4.69, 9.17) is 23.3 Å². The summed E-state index contributed by atoms with van der Waals surface area (Å²) in [6, 6.07) is 25.2. The summed E-state index contributed by atoms with van der Waals surface area (Å²) in [4.78, 5) is 0. The van der Waals surface area contributed by atoms with Gasteiger partial charge in [-0.25, -0.2) is 0 Å². The second-order valence-corrected chi connectivity index (χ2v) is 17.1. The van der Waals surface area contributed by atoms with Crippen molar-refractivity contribution in [2.45, 2.75) is 50.5 Å². The smallest absolute Gasteiger partial charge is 0.282 e. The first kappa shape index (κ1) is 27.5. The van der Waals surface area contributed by atoms with Crippen LogP contribution < -0.4 is 20.1 Å². The fourth-order valence-corrected chi connectivity index (χ4v) is 14.6. The van der Waals surface area contributed by atoms with Crippen LogP contribution in [-0.2, 0) is 15.5 Å². The molecule has 0 spiro atoms. The Hall–Kier alpha value is -3.28. The first-order valence-electron chi connectivity index (χ1n) is 14.7. The van der Waals surface area contributed by atoms with Gasteiger partial charge in [0, 0.05) is 34.7 Å². The molecule has 7 heteroatoms. The molecule has 7 rings (SSSR count). The molecule has 2 fully saturated rings. The summed E-state index contributed by atoms with van der Waals surface area (Å²) in [7, 11) is 3.68. The van der Waals surface area contributed by atoms with E-state index in [1.54, 1.807) is 14.2 Å². The van der Waals surface area contributed by atoms with Crippen molar-refractivity contribution >= 4 is 25.4 Å². The highest BCUT2D eigenvalue weighted by Crippen LogP contribution is 2.81.